The topological polar surface area (TPSA) is 44.9 Å². The van der Waals surface area contributed by atoms with Crippen molar-refractivity contribution in [3.8, 4) is 0 Å². The fraction of sp³-hybridized carbons (Fsp3) is 0.286. The monoisotopic (exact) mass is 292 g/mol. The van der Waals surface area contributed by atoms with Crippen LogP contribution in [0, 0.1) is 24.7 Å². The van der Waals surface area contributed by atoms with Gasteiger partial charge in [-0.25, -0.2) is 0 Å². The van der Waals surface area contributed by atoms with E-state index >= 15 is 0 Å². The molecule has 0 aliphatic rings. The van der Waals surface area contributed by atoms with Crippen molar-refractivity contribution in [2.45, 2.75) is 27.2 Å². The maximum absolute atomic E-state index is 12.0. The Morgan fingerprint density at radius 3 is 2.68 bits per heavy atom. The Bertz CT molecular complexity index is 670. The van der Waals surface area contributed by atoms with Crippen molar-refractivity contribution in [1.82, 2.24) is 4.98 Å². The number of rotatable bonds is 3. The molecule has 0 bridgehead atoms. The molecule has 100 valence electrons. The predicted molar refractivity (Wildman–Crippen MR) is 82.5 cm³/mol. The van der Waals surface area contributed by atoms with Crippen molar-refractivity contribution >= 4 is 35.1 Å². The highest BCUT2D eigenvalue weighted by atomic mass is 32.1. The second-order valence-corrected chi connectivity index (χ2v) is 6.38. The fourth-order valence-corrected chi connectivity index (χ4v) is 3.19. The third kappa shape index (κ3) is 3.52. The number of amides is 1. The molecule has 5 heteroatoms. The van der Waals surface area contributed by atoms with Crippen LogP contribution in [-0.2, 0) is 11.2 Å². The summed E-state index contributed by atoms with van der Waals surface area (Å²) >= 11 is 6.53. The molecule has 0 saturated heterocycles. The molecule has 1 aromatic heterocycles. The highest BCUT2D eigenvalue weighted by Gasteiger charge is 2.10. The Balaban J connectivity index is 2.09. The quantitative estimate of drug-likeness (QED) is 0.842. The number of carbonyl (C=O) groups is 1. The van der Waals surface area contributed by atoms with Crippen LogP contribution in [-0.4, -0.2) is 10.9 Å². The first-order chi connectivity index (χ1) is 8.95. The lowest BCUT2D eigenvalue weighted by atomic mass is 10.1. The molecule has 1 amide bonds. The average molecular weight is 292 g/mol. The van der Waals surface area contributed by atoms with E-state index in [-0.39, 0.29) is 5.91 Å². The standard InChI is InChI=1S/C14H16N2OS2/c1-8-4-5-11(9(2)6-8)16-13(17)7-12-10(3)15-14(18)19-12/h4-6H,7H2,1-3H3,(H,15,18)(H,16,17). The molecule has 0 saturated carbocycles. The predicted octanol–water partition coefficient (Wildman–Crippen LogP) is 3.91. The number of carbonyl (C=O) groups excluding carboxylic acids is 1. The van der Waals surface area contributed by atoms with Gasteiger partial charge in [-0.3, -0.25) is 4.79 Å². The summed E-state index contributed by atoms with van der Waals surface area (Å²) in [6.45, 7) is 5.97. The molecule has 0 spiro atoms. The molecule has 0 atom stereocenters. The zero-order chi connectivity index (χ0) is 14.0. The van der Waals surface area contributed by atoms with Gasteiger partial charge in [-0.2, -0.15) is 0 Å². The molecule has 3 nitrogen and oxygen atoms in total. The van der Waals surface area contributed by atoms with Crippen molar-refractivity contribution in [1.29, 1.82) is 0 Å². The van der Waals surface area contributed by atoms with Gasteiger partial charge >= 0.3 is 0 Å². The molecular formula is C14H16N2OS2. The van der Waals surface area contributed by atoms with Crippen molar-refractivity contribution < 1.29 is 4.79 Å². The minimum Gasteiger partial charge on any atom is -0.341 e. The summed E-state index contributed by atoms with van der Waals surface area (Å²) in [6.07, 6.45) is 0.358. The number of benzene rings is 1. The summed E-state index contributed by atoms with van der Waals surface area (Å²) in [5.41, 5.74) is 4.11. The van der Waals surface area contributed by atoms with Crippen LogP contribution < -0.4 is 5.32 Å². The summed E-state index contributed by atoms with van der Waals surface area (Å²) in [5.74, 6) is -0.0136. The van der Waals surface area contributed by atoms with Crippen molar-refractivity contribution in [2.75, 3.05) is 5.32 Å². The van der Waals surface area contributed by atoms with E-state index in [1.54, 1.807) is 0 Å². The fourth-order valence-electron chi connectivity index (χ4n) is 1.90. The van der Waals surface area contributed by atoms with Gasteiger partial charge in [0.2, 0.25) is 5.91 Å². The molecule has 0 fully saturated rings. The minimum atomic E-state index is -0.0136. The number of hydrogen-bond donors (Lipinski definition) is 2. The Morgan fingerprint density at radius 2 is 2.11 bits per heavy atom. The van der Waals surface area contributed by atoms with Gasteiger partial charge in [0.1, 0.15) is 0 Å². The van der Waals surface area contributed by atoms with Crippen LogP contribution in [0.15, 0.2) is 18.2 Å². The first kappa shape index (κ1) is 14.0. The van der Waals surface area contributed by atoms with Gasteiger partial charge in [0.05, 0.1) is 6.42 Å². The van der Waals surface area contributed by atoms with E-state index in [4.69, 9.17) is 12.2 Å². The number of anilines is 1. The number of hydrogen-bond acceptors (Lipinski definition) is 3. The van der Waals surface area contributed by atoms with Gasteiger partial charge in [0.25, 0.3) is 0 Å². The van der Waals surface area contributed by atoms with Crippen LogP contribution in [0.2, 0.25) is 0 Å². The van der Waals surface area contributed by atoms with Gasteiger partial charge in [0, 0.05) is 16.3 Å². The van der Waals surface area contributed by atoms with Crippen LogP contribution in [0.3, 0.4) is 0 Å². The van der Waals surface area contributed by atoms with E-state index in [0.717, 1.165) is 21.8 Å². The summed E-state index contributed by atoms with van der Waals surface area (Å²) in [7, 11) is 0. The van der Waals surface area contributed by atoms with E-state index in [1.165, 1.54) is 16.9 Å². The molecule has 2 aromatic rings. The van der Waals surface area contributed by atoms with Crippen LogP contribution in [0.5, 0.6) is 0 Å². The third-order valence-corrected chi connectivity index (χ3v) is 4.24. The average Bonchev–Trinajstić information content (AvgIpc) is 2.61. The molecule has 19 heavy (non-hydrogen) atoms. The summed E-state index contributed by atoms with van der Waals surface area (Å²) in [4.78, 5) is 16.1. The molecule has 0 radical (unpaired) electrons. The number of thiazole rings is 1. The molecule has 1 heterocycles. The minimum absolute atomic E-state index is 0.0136. The Labute approximate surface area is 121 Å². The Morgan fingerprint density at radius 1 is 1.37 bits per heavy atom. The maximum Gasteiger partial charge on any atom is 0.229 e. The van der Waals surface area contributed by atoms with E-state index < -0.39 is 0 Å². The summed E-state index contributed by atoms with van der Waals surface area (Å²) in [6, 6.07) is 5.99. The molecule has 0 aliphatic heterocycles. The lowest BCUT2D eigenvalue weighted by Crippen LogP contribution is -2.15. The lowest BCUT2D eigenvalue weighted by Gasteiger charge is -2.08. The lowest BCUT2D eigenvalue weighted by molar-refractivity contribution is -0.115. The van der Waals surface area contributed by atoms with Crippen LogP contribution in [0.25, 0.3) is 0 Å². The van der Waals surface area contributed by atoms with Crippen molar-refractivity contribution in [2.24, 2.45) is 0 Å². The molecule has 1 aromatic carbocycles. The highest BCUT2D eigenvalue weighted by molar-refractivity contribution is 7.73. The van der Waals surface area contributed by atoms with E-state index in [2.05, 4.69) is 16.4 Å². The van der Waals surface area contributed by atoms with Crippen LogP contribution in [0.4, 0.5) is 5.69 Å². The van der Waals surface area contributed by atoms with Crippen LogP contribution in [0.1, 0.15) is 21.7 Å². The van der Waals surface area contributed by atoms with Gasteiger partial charge in [-0.15, -0.1) is 11.3 Å². The van der Waals surface area contributed by atoms with Crippen molar-refractivity contribution in [3.05, 3.63) is 43.9 Å². The number of aromatic nitrogens is 1. The van der Waals surface area contributed by atoms with E-state index in [1.807, 2.05) is 32.9 Å². The van der Waals surface area contributed by atoms with Gasteiger partial charge in [-0.1, -0.05) is 17.7 Å². The van der Waals surface area contributed by atoms with Gasteiger partial charge < -0.3 is 10.3 Å². The number of aryl methyl sites for hydroxylation is 3. The van der Waals surface area contributed by atoms with Gasteiger partial charge in [-0.05, 0) is 44.6 Å². The molecule has 2 rings (SSSR count). The van der Waals surface area contributed by atoms with E-state index in [9.17, 15) is 4.79 Å². The second kappa shape index (κ2) is 5.67. The third-order valence-electron chi connectivity index (χ3n) is 2.90. The normalized spacial score (nSPS) is 10.5. The first-order valence-corrected chi connectivity index (χ1v) is 7.24. The maximum atomic E-state index is 12.0. The second-order valence-electron chi connectivity index (χ2n) is 4.61. The SMILES string of the molecule is Cc1ccc(NC(=O)Cc2sc(=S)[nH]c2C)c(C)c1. The Hall–Kier alpha value is -1.46. The number of H-pyrrole nitrogens is 1. The summed E-state index contributed by atoms with van der Waals surface area (Å²) < 4.78 is 0.715. The molecule has 0 unspecified atom stereocenters. The molecule has 0 aliphatic carbocycles. The van der Waals surface area contributed by atoms with E-state index in [0.29, 0.717) is 10.4 Å². The Kier molecular flexibility index (Phi) is 4.17. The largest absolute Gasteiger partial charge is 0.341 e. The highest BCUT2D eigenvalue weighted by Crippen LogP contribution is 2.18. The van der Waals surface area contributed by atoms with Crippen molar-refractivity contribution in [3.63, 3.8) is 0 Å². The number of aromatic amines is 1. The van der Waals surface area contributed by atoms with Gasteiger partial charge in [0.15, 0.2) is 3.95 Å². The van der Waals surface area contributed by atoms with Crippen LogP contribution >= 0.6 is 23.6 Å². The molecular weight excluding hydrogens is 276 g/mol. The zero-order valence-corrected chi connectivity index (χ0v) is 12.8. The number of nitrogens with one attached hydrogen (secondary N) is 2. The first-order valence-electron chi connectivity index (χ1n) is 6.01. The summed E-state index contributed by atoms with van der Waals surface area (Å²) in [5, 5.41) is 2.94. The smallest absolute Gasteiger partial charge is 0.229 e. The molecule has 2 N–H and O–H groups in total. The zero-order valence-electron chi connectivity index (χ0n) is 11.2.